The van der Waals surface area contributed by atoms with Crippen LogP contribution in [0.25, 0.3) is 0 Å². The molecule has 1 N–H and O–H groups in total. The maximum atomic E-state index is 13.1. The number of benzene rings is 1. The number of imidazole rings is 1. The van der Waals surface area contributed by atoms with Crippen LogP contribution in [0.15, 0.2) is 48.8 Å². The van der Waals surface area contributed by atoms with Crippen molar-refractivity contribution in [3.8, 4) is 0 Å². The Morgan fingerprint density at radius 3 is 2.76 bits per heavy atom. The Hall–Kier alpha value is -2.89. The van der Waals surface area contributed by atoms with Gasteiger partial charge in [0.25, 0.3) is 5.91 Å². The molecule has 0 atom stereocenters. The zero-order valence-corrected chi connectivity index (χ0v) is 14.6. The fourth-order valence-electron chi connectivity index (χ4n) is 2.85. The van der Waals surface area contributed by atoms with E-state index < -0.39 is 0 Å². The Balaban J connectivity index is 1.80. The van der Waals surface area contributed by atoms with Gasteiger partial charge in [-0.25, -0.2) is 4.98 Å². The normalized spacial score (nSPS) is 10.8. The molecule has 0 fully saturated rings. The number of aryl methyl sites for hydroxylation is 2. The molecular formula is C19H23N5O. The highest BCUT2D eigenvalue weighted by atomic mass is 16.2. The Bertz CT molecular complexity index is 808. The van der Waals surface area contributed by atoms with Gasteiger partial charge in [-0.05, 0) is 31.9 Å². The van der Waals surface area contributed by atoms with Crippen molar-refractivity contribution in [2.24, 2.45) is 0 Å². The third kappa shape index (κ3) is 4.15. The number of rotatable bonds is 7. The van der Waals surface area contributed by atoms with Gasteiger partial charge in [0, 0.05) is 25.5 Å². The van der Waals surface area contributed by atoms with Crippen LogP contribution < -0.4 is 0 Å². The summed E-state index contributed by atoms with van der Waals surface area (Å²) in [6.07, 6.45) is 4.28. The first-order valence-corrected chi connectivity index (χ1v) is 8.53. The van der Waals surface area contributed by atoms with Crippen LogP contribution in [0.2, 0.25) is 0 Å². The highest BCUT2D eigenvalue weighted by Crippen LogP contribution is 2.12. The van der Waals surface area contributed by atoms with Gasteiger partial charge in [-0.15, -0.1) is 0 Å². The molecule has 6 heteroatoms. The quantitative estimate of drug-likeness (QED) is 0.721. The van der Waals surface area contributed by atoms with Gasteiger partial charge < -0.3 is 9.88 Å². The lowest BCUT2D eigenvalue weighted by atomic mass is 10.1. The molecule has 1 amide bonds. The van der Waals surface area contributed by atoms with Crippen LogP contribution >= 0.6 is 0 Å². The monoisotopic (exact) mass is 337 g/mol. The number of amides is 1. The molecule has 6 nitrogen and oxygen atoms in total. The van der Waals surface area contributed by atoms with Crippen LogP contribution in [-0.2, 0) is 19.5 Å². The Kier molecular flexibility index (Phi) is 5.28. The summed E-state index contributed by atoms with van der Waals surface area (Å²) in [5.74, 6) is 0.760. The standard InChI is InChI=1S/C19H23N5O/c1-3-24-17(13-15(2)22-24)19(25)23(14-18-20-10-11-21-18)12-9-16-7-5-4-6-8-16/h4-8,10-11,13H,3,9,12,14H2,1-2H3,(H,20,21). The molecule has 3 rings (SSSR count). The molecule has 0 aliphatic heterocycles. The minimum absolute atomic E-state index is 0.0187. The van der Waals surface area contributed by atoms with Gasteiger partial charge in [-0.1, -0.05) is 30.3 Å². The molecule has 0 bridgehead atoms. The van der Waals surface area contributed by atoms with E-state index in [0.29, 0.717) is 25.3 Å². The highest BCUT2D eigenvalue weighted by Gasteiger charge is 2.21. The summed E-state index contributed by atoms with van der Waals surface area (Å²) in [7, 11) is 0. The van der Waals surface area contributed by atoms with Crippen molar-refractivity contribution >= 4 is 5.91 Å². The Morgan fingerprint density at radius 1 is 1.28 bits per heavy atom. The van der Waals surface area contributed by atoms with Gasteiger partial charge in [0.1, 0.15) is 11.5 Å². The second-order valence-electron chi connectivity index (χ2n) is 5.98. The lowest BCUT2D eigenvalue weighted by Crippen LogP contribution is -2.34. The summed E-state index contributed by atoms with van der Waals surface area (Å²) in [5.41, 5.74) is 2.69. The maximum absolute atomic E-state index is 13.1. The SMILES string of the molecule is CCn1nc(C)cc1C(=O)N(CCc1ccccc1)Cc1ncc[nH]1. The summed E-state index contributed by atoms with van der Waals surface area (Å²) >= 11 is 0. The number of carbonyl (C=O) groups excluding carboxylic acids is 1. The third-order valence-corrected chi connectivity index (χ3v) is 4.12. The van der Waals surface area contributed by atoms with E-state index in [1.165, 1.54) is 5.56 Å². The van der Waals surface area contributed by atoms with Crippen molar-refractivity contribution < 1.29 is 4.79 Å². The van der Waals surface area contributed by atoms with Crippen molar-refractivity contribution in [1.29, 1.82) is 0 Å². The van der Waals surface area contributed by atoms with Crippen molar-refractivity contribution in [2.45, 2.75) is 33.4 Å². The summed E-state index contributed by atoms with van der Waals surface area (Å²) in [5, 5.41) is 4.39. The Labute approximate surface area is 147 Å². The minimum atomic E-state index is -0.0187. The van der Waals surface area contributed by atoms with Gasteiger partial charge >= 0.3 is 0 Å². The lowest BCUT2D eigenvalue weighted by molar-refractivity contribution is 0.0728. The van der Waals surface area contributed by atoms with Crippen LogP contribution in [-0.4, -0.2) is 37.1 Å². The van der Waals surface area contributed by atoms with Crippen LogP contribution in [0.3, 0.4) is 0 Å². The summed E-state index contributed by atoms with van der Waals surface area (Å²) in [4.78, 5) is 22.3. The third-order valence-electron chi connectivity index (χ3n) is 4.12. The van der Waals surface area contributed by atoms with Gasteiger partial charge in [0.2, 0.25) is 0 Å². The topological polar surface area (TPSA) is 66.8 Å². The zero-order valence-electron chi connectivity index (χ0n) is 14.6. The second kappa shape index (κ2) is 7.79. The zero-order chi connectivity index (χ0) is 17.6. The molecule has 0 aliphatic carbocycles. The van der Waals surface area contributed by atoms with E-state index in [-0.39, 0.29) is 5.91 Å². The number of carbonyl (C=O) groups is 1. The first kappa shape index (κ1) is 17.0. The summed E-state index contributed by atoms with van der Waals surface area (Å²) < 4.78 is 1.76. The van der Waals surface area contributed by atoms with E-state index in [1.54, 1.807) is 17.1 Å². The predicted octanol–water partition coefficient (Wildman–Crippen LogP) is 2.82. The van der Waals surface area contributed by atoms with E-state index >= 15 is 0 Å². The van der Waals surface area contributed by atoms with Gasteiger partial charge in [0.15, 0.2) is 0 Å². The highest BCUT2D eigenvalue weighted by molar-refractivity contribution is 5.92. The second-order valence-corrected chi connectivity index (χ2v) is 5.98. The molecule has 0 unspecified atom stereocenters. The van der Waals surface area contributed by atoms with E-state index in [4.69, 9.17) is 0 Å². The van der Waals surface area contributed by atoms with E-state index in [1.807, 2.05) is 43.0 Å². The molecule has 0 saturated carbocycles. The number of hydrogen-bond acceptors (Lipinski definition) is 3. The molecule has 2 heterocycles. The molecule has 0 saturated heterocycles. The number of nitrogens with one attached hydrogen (secondary N) is 1. The lowest BCUT2D eigenvalue weighted by Gasteiger charge is -2.22. The molecular weight excluding hydrogens is 314 g/mol. The molecule has 3 aromatic rings. The molecule has 0 radical (unpaired) electrons. The van der Waals surface area contributed by atoms with Gasteiger partial charge in [0.05, 0.1) is 12.2 Å². The first-order valence-electron chi connectivity index (χ1n) is 8.53. The largest absolute Gasteiger partial charge is 0.347 e. The van der Waals surface area contributed by atoms with E-state index in [0.717, 1.165) is 17.9 Å². The molecule has 25 heavy (non-hydrogen) atoms. The van der Waals surface area contributed by atoms with E-state index in [2.05, 4.69) is 27.2 Å². The molecule has 130 valence electrons. The average Bonchev–Trinajstić information content (AvgIpc) is 3.28. The number of aromatic amines is 1. The first-order chi connectivity index (χ1) is 12.2. The fraction of sp³-hybridized carbons (Fsp3) is 0.316. The number of nitrogens with zero attached hydrogens (tertiary/aromatic N) is 4. The van der Waals surface area contributed by atoms with Gasteiger partial charge in [-0.3, -0.25) is 9.48 Å². The molecule has 2 aromatic heterocycles. The molecule has 0 spiro atoms. The summed E-state index contributed by atoms with van der Waals surface area (Å²) in [6.45, 7) is 5.64. The number of aromatic nitrogens is 4. The van der Waals surface area contributed by atoms with Crippen LogP contribution in [0.4, 0.5) is 0 Å². The minimum Gasteiger partial charge on any atom is -0.347 e. The number of H-pyrrole nitrogens is 1. The fourth-order valence-corrected chi connectivity index (χ4v) is 2.85. The Morgan fingerprint density at radius 2 is 2.08 bits per heavy atom. The maximum Gasteiger partial charge on any atom is 0.272 e. The average molecular weight is 337 g/mol. The van der Waals surface area contributed by atoms with Crippen LogP contribution in [0.1, 0.15) is 34.5 Å². The van der Waals surface area contributed by atoms with Crippen molar-refractivity contribution in [2.75, 3.05) is 6.54 Å². The van der Waals surface area contributed by atoms with Crippen LogP contribution in [0, 0.1) is 6.92 Å². The molecule has 1 aromatic carbocycles. The van der Waals surface area contributed by atoms with Crippen molar-refractivity contribution in [1.82, 2.24) is 24.6 Å². The smallest absolute Gasteiger partial charge is 0.272 e. The number of hydrogen-bond donors (Lipinski definition) is 1. The van der Waals surface area contributed by atoms with Crippen molar-refractivity contribution in [3.63, 3.8) is 0 Å². The summed E-state index contributed by atoms with van der Waals surface area (Å²) in [6, 6.07) is 12.0. The van der Waals surface area contributed by atoms with Crippen LogP contribution in [0.5, 0.6) is 0 Å². The van der Waals surface area contributed by atoms with Gasteiger partial charge in [-0.2, -0.15) is 5.10 Å². The molecule has 0 aliphatic rings. The van der Waals surface area contributed by atoms with E-state index in [9.17, 15) is 4.79 Å². The van der Waals surface area contributed by atoms with Crippen molar-refractivity contribution in [3.05, 3.63) is 71.6 Å². The predicted molar refractivity (Wildman–Crippen MR) is 96.1 cm³/mol.